The van der Waals surface area contributed by atoms with E-state index < -0.39 is 8.32 Å². The molecule has 2 aromatic rings. The molecule has 0 aliphatic heterocycles. The average molecular weight is 224 g/mol. The maximum Gasteiger partial charge on any atom is 0.319 e. The van der Waals surface area contributed by atoms with Crippen molar-refractivity contribution in [2.24, 2.45) is 0 Å². The standard InChI is InChI=1S/C8H12N4O2Si/c1-15(2,3)14-7-5-6(10-4-9-5)11-8(13)12-7/h4H,1-3H3,(H2,9,10,11,12,13). The Kier molecular flexibility index (Phi) is 2.11. The zero-order valence-electron chi connectivity index (χ0n) is 8.77. The molecule has 0 bridgehead atoms. The van der Waals surface area contributed by atoms with Crippen LogP contribution in [-0.2, 0) is 0 Å². The van der Waals surface area contributed by atoms with E-state index in [1.165, 1.54) is 6.33 Å². The van der Waals surface area contributed by atoms with Crippen molar-refractivity contribution in [1.29, 1.82) is 0 Å². The van der Waals surface area contributed by atoms with Gasteiger partial charge in [0.1, 0.15) is 5.52 Å². The molecule has 0 amide bonds. The summed E-state index contributed by atoms with van der Waals surface area (Å²) in [4.78, 5) is 14.4. The van der Waals surface area contributed by atoms with Gasteiger partial charge in [0.15, 0.2) is 5.65 Å². The molecule has 0 radical (unpaired) electrons. The summed E-state index contributed by atoms with van der Waals surface area (Å²) in [5.41, 5.74) is 1.03. The SMILES string of the molecule is C[Si](C)(C)Oc1nc(O)nc2nc[nH]c12. The first-order chi connectivity index (χ1) is 6.96. The van der Waals surface area contributed by atoms with E-state index in [0.717, 1.165) is 0 Å². The van der Waals surface area contributed by atoms with Crippen LogP contribution in [0.1, 0.15) is 0 Å². The summed E-state index contributed by atoms with van der Waals surface area (Å²) < 4.78 is 5.71. The molecule has 2 rings (SSSR count). The molecular formula is C8H12N4O2Si. The third-order valence-electron chi connectivity index (χ3n) is 1.64. The fraction of sp³-hybridized carbons (Fsp3) is 0.375. The summed E-state index contributed by atoms with van der Waals surface area (Å²) in [6.45, 7) is 6.11. The normalized spacial score (nSPS) is 11.9. The second-order valence-electron chi connectivity index (χ2n) is 4.14. The Morgan fingerprint density at radius 3 is 2.73 bits per heavy atom. The fourth-order valence-corrected chi connectivity index (χ4v) is 1.89. The van der Waals surface area contributed by atoms with Gasteiger partial charge in [-0.1, -0.05) is 0 Å². The van der Waals surface area contributed by atoms with Crippen LogP contribution in [0.5, 0.6) is 11.9 Å². The van der Waals surface area contributed by atoms with Crippen molar-refractivity contribution < 1.29 is 9.53 Å². The van der Waals surface area contributed by atoms with E-state index >= 15 is 0 Å². The summed E-state index contributed by atoms with van der Waals surface area (Å²) >= 11 is 0. The largest absolute Gasteiger partial charge is 0.530 e. The molecule has 80 valence electrons. The molecule has 15 heavy (non-hydrogen) atoms. The van der Waals surface area contributed by atoms with Gasteiger partial charge in [0, 0.05) is 0 Å². The van der Waals surface area contributed by atoms with Crippen LogP contribution in [0.2, 0.25) is 19.6 Å². The number of nitrogens with zero attached hydrogens (tertiary/aromatic N) is 3. The molecule has 0 saturated heterocycles. The molecule has 0 aliphatic carbocycles. The predicted molar refractivity (Wildman–Crippen MR) is 57.3 cm³/mol. The smallest absolute Gasteiger partial charge is 0.319 e. The van der Waals surface area contributed by atoms with Gasteiger partial charge in [0.05, 0.1) is 6.33 Å². The van der Waals surface area contributed by atoms with Gasteiger partial charge in [-0.15, -0.1) is 0 Å². The van der Waals surface area contributed by atoms with Crippen LogP contribution >= 0.6 is 0 Å². The summed E-state index contributed by atoms with van der Waals surface area (Å²) in [6.07, 6.45) is 1.50. The molecular weight excluding hydrogens is 212 g/mol. The third-order valence-corrected chi connectivity index (χ3v) is 2.45. The van der Waals surface area contributed by atoms with Crippen molar-refractivity contribution in [3.05, 3.63) is 6.33 Å². The number of aromatic amines is 1. The number of hydrogen-bond acceptors (Lipinski definition) is 5. The summed E-state index contributed by atoms with van der Waals surface area (Å²) in [5, 5.41) is 9.29. The molecule has 7 heteroatoms. The number of imidazole rings is 1. The number of aromatic hydroxyl groups is 1. The molecule has 6 nitrogen and oxygen atoms in total. The zero-order valence-corrected chi connectivity index (χ0v) is 9.77. The van der Waals surface area contributed by atoms with Gasteiger partial charge in [-0.2, -0.15) is 9.97 Å². The number of hydrogen-bond donors (Lipinski definition) is 2. The van der Waals surface area contributed by atoms with Crippen LogP contribution in [0.4, 0.5) is 0 Å². The Bertz CT molecular complexity index is 491. The first-order valence-electron chi connectivity index (χ1n) is 4.55. The highest BCUT2D eigenvalue weighted by Crippen LogP contribution is 2.23. The van der Waals surface area contributed by atoms with Gasteiger partial charge >= 0.3 is 6.01 Å². The Morgan fingerprint density at radius 2 is 2.07 bits per heavy atom. The minimum Gasteiger partial charge on any atom is -0.530 e. The molecule has 0 aliphatic rings. The van der Waals surface area contributed by atoms with Crippen molar-refractivity contribution >= 4 is 19.5 Å². The lowest BCUT2D eigenvalue weighted by atomic mass is 10.5. The highest BCUT2D eigenvalue weighted by atomic mass is 28.4. The Morgan fingerprint density at radius 1 is 1.33 bits per heavy atom. The van der Waals surface area contributed by atoms with Crippen LogP contribution < -0.4 is 4.43 Å². The topological polar surface area (TPSA) is 83.9 Å². The average Bonchev–Trinajstić information content (AvgIpc) is 2.48. The third kappa shape index (κ3) is 2.07. The van der Waals surface area contributed by atoms with Crippen molar-refractivity contribution in [3.63, 3.8) is 0 Å². The molecule has 0 unspecified atom stereocenters. The molecule has 2 heterocycles. The maximum atomic E-state index is 9.29. The van der Waals surface area contributed by atoms with Gasteiger partial charge in [-0.05, 0) is 19.6 Å². The predicted octanol–water partition coefficient (Wildman–Crippen LogP) is 1.27. The van der Waals surface area contributed by atoms with Gasteiger partial charge in [0.25, 0.3) is 0 Å². The lowest BCUT2D eigenvalue weighted by Gasteiger charge is -2.18. The summed E-state index contributed by atoms with van der Waals surface area (Å²) in [6, 6.07) is -0.317. The molecule has 0 fully saturated rings. The quantitative estimate of drug-likeness (QED) is 0.750. The zero-order chi connectivity index (χ0) is 11.1. The van der Waals surface area contributed by atoms with E-state index in [0.29, 0.717) is 17.0 Å². The Labute approximate surface area is 87.5 Å². The van der Waals surface area contributed by atoms with Crippen molar-refractivity contribution in [2.45, 2.75) is 19.6 Å². The van der Waals surface area contributed by atoms with Gasteiger partial charge in [-0.3, -0.25) is 0 Å². The Balaban J connectivity index is 2.53. The van der Waals surface area contributed by atoms with Crippen molar-refractivity contribution in [2.75, 3.05) is 0 Å². The van der Waals surface area contributed by atoms with E-state index in [2.05, 4.69) is 19.9 Å². The molecule has 0 aromatic carbocycles. The fourth-order valence-electron chi connectivity index (χ4n) is 1.16. The number of H-pyrrole nitrogens is 1. The summed E-state index contributed by atoms with van der Waals surface area (Å²) in [7, 11) is -1.76. The van der Waals surface area contributed by atoms with Crippen LogP contribution in [0.25, 0.3) is 11.2 Å². The van der Waals surface area contributed by atoms with E-state index in [-0.39, 0.29) is 6.01 Å². The molecule has 0 saturated carbocycles. The first-order valence-corrected chi connectivity index (χ1v) is 7.96. The number of rotatable bonds is 2. The van der Waals surface area contributed by atoms with Crippen LogP contribution in [0.3, 0.4) is 0 Å². The second kappa shape index (κ2) is 3.19. The minimum atomic E-state index is -1.76. The molecule has 0 spiro atoms. The van der Waals surface area contributed by atoms with E-state index in [9.17, 15) is 5.11 Å². The first kappa shape index (κ1) is 9.90. The lowest BCUT2D eigenvalue weighted by molar-refractivity contribution is 0.420. The minimum absolute atomic E-state index is 0.317. The van der Waals surface area contributed by atoms with E-state index in [1.807, 2.05) is 19.6 Å². The van der Waals surface area contributed by atoms with Crippen molar-refractivity contribution in [3.8, 4) is 11.9 Å². The Hall–Kier alpha value is -1.63. The van der Waals surface area contributed by atoms with Crippen LogP contribution in [0, 0.1) is 0 Å². The van der Waals surface area contributed by atoms with E-state index in [1.54, 1.807) is 0 Å². The highest BCUT2D eigenvalue weighted by Gasteiger charge is 2.20. The molecule has 2 aromatic heterocycles. The number of aromatic nitrogens is 4. The maximum absolute atomic E-state index is 9.29. The van der Waals surface area contributed by atoms with Crippen LogP contribution in [0.15, 0.2) is 6.33 Å². The van der Waals surface area contributed by atoms with Crippen molar-refractivity contribution in [1.82, 2.24) is 19.9 Å². The highest BCUT2D eigenvalue weighted by molar-refractivity contribution is 6.70. The number of fused-ring (bicyclic) bond motifs is 1. The molecule has 0 atom stereocenters. The molecule has 2 N–H and O–H groups in total. The van der Waals surface area contributed by atoms with Gasteiger partial charge in [0.2, 0.25) is 14.2 Å². The lowest BCUT2D eigenvalue weighted by Crippen LogP contribution is -2.29. The van der Waals surface area contributed by atoms with Gasteiger partial charge in [-0.25, -0.2) is 4.98 Å². The number of nitrogens with one attached hydrogen (secondary N) is 1. The van der Waals surface area contributed by atoms with Gasteiger partial charge < -0.3 is 14.5 Å². The second-order valence-corrected chi connectivity index (χ2v) is 8.57. The van der Waals surface area contributed by atoms with Crippen LogP contribution in [-0.4, -0.2) is 33.4 Å². The van der Waals surface area contributed by atoms with E-state index in [4.69, 9.17) is 4.43 Å². The summed E-state index contributed by atoms with van der Waals surface area (Å²) in [5.74, 6) is 0.370. The monoisotopic (exact) mass is 224 g/mol.